The average molecular weight is 299 g/mol. The van der Waals surface area contributed by atoms with Crippen LogP contribution in [0.5, 0.6) is 0 Å². The quantitative estimate of drug-likeness (QED) is 0.764. The van der Waals surface area contributed by atoms with Crippen molar-refractivity contribution < 1.29 is 18.3 Å². The van der Waals surface area contributed by atoms with Crippen LogP contribution in [-0.4, -0.2) is 37.7 Å². The minimum absolute atomic E-state index is 0.0643. The monoisotopic (exact) mass is 299 g/mol. The fourth-order valence-electron chi connectivity index (χ4n) is 2.37. The maximum absolute atomic E-state index is 13.7. The smallest absolute Gasteiger partial charge is 0.251 e. The second kappa shape index (κ2) is 6.82. The topological polar surface area (TPSA) is 76.4 Å². The van der Waals surface area contributed by atoms with Crippen molar-refractivity contribution in [2.75, 3.05) is 25.1 Å². The van der Waals surface area contributed by atoms with E-state index in [-0.39, 0.29) is 23.3 Å². The number of amides is 1. The largest absolute Gasteiger partial charge is 0.380 e. The molecule has 1 heterocycles. The molecule has 0 spiro atoms. The lowest BCUT2D eigenvalue weighted by Crippen LogP contribution is -2.43. The summed E-state index contributed by atoms with van der Waals surface area (Å²) in [6, 6.07) is 1.87. The van der Waals surface area contributed by atoms with E-state index in [0.717, 1.165) is 12.6 Å². The number of hydrogen-bond acceptors (Lipinski definition) is 4. The maximum Gasteiger partial charge on any atom is 0.251 e. The molecule has 4 N–H and O–H groups in total. The molecule has 2 atom stereocenters. The number of benzene rings is 1. The van der Waals surface area contributed by atoms with Crippen LogP contribution < -0.4 is 16.4 Å². The molecule has 5 nitrogen and oxygen atoms in total. The van der Waals surface area contributed by atoms with Crippen LogP contribution in [0.1, 0.15) is 23.7 Å². The van der Waals surface area contributed by atoms with E-state index in [1.165, 1.54) is 0 Å². The molecule has 1 aromatic carbocycles. The van der Waals surface area contributed by atoms with Gasteiger partial charge in [-0.3, -0.25) is 4.79 Å². The number of carbonyl (C=O) groups excluding carboxylic acids is 1. The molecule has 0 radical (unpaired) electrons. The zero-order valence-corrected chi connectivity index (χ0v) is 11.8. The number of morpholine rings is 1. The van der Waals surface area contributed by atoms with Gasteiger partial charge in [-0.1, -0.05) is 0 Å². The fraction of sp³-hybridized carbons (Fsp3) is 0.500. The van der Waals surface area contributed by atoms with Gasteiger partial charge in [0, 0.05) is 24.7 Å². The van der Waals surface area contributed by atoms with Crippen LogP contribution in [0.15, 0.2) is 12.1 Å². The summed E-state index contributed by atoms with van der Waals surface area (Å²) in [6.07, 6.45) is 0.711. The lowest BCUT2D eigenvalue weighted by Gasteiger charge is -2.27. The molecule has 1 aliphatic rings. The number of carbonyl (C=O) groups is 1. The molecule has 7 heteroatoms. The number of halogens is 2. The molecule has 116 valence electrons. The Kier molecular flexibility index (Phi) is 5.08. The molecule has 0 saturated carbocycles. The summed E-state index contributed by atoms with van der Waals surface area (Å²) in [6.45, 7) is 3.95. The molecule has 1 saturated heterocycles. The van der Waals surface area contributed by atoms with E-state index >= 15 is 0 Å². The van der Waals surface area contributed by atoms with Gasteiger partial charge >= 0.3 is 0 Å². The van der Waals surface area contributed by atoms with Crippen LogP contribution in [-0.2, 0) is 4.74 Å². The SMILES string of the molecule is CC(CC1COCCN1)Nc1cc(C(N)=O)c(F)cc1F. The molecule has 0 bridgehead atoms. The van der Waals surface area contributed by atoms with E-state index in [1.807, 2.05) is 6.92 Å². The van der Waals surface area contributed by atoms with Gasteiger partial charge in [0.15, 0.2) is 0 Å². The number of primary amides is 1. The Morgan fingerprint density at radius 1 is 1.52 bits per heavy atom. The zero-order valence-electron chi connectivity index (χ0n) is 11.8. The molecule has 1 aliphatic heterocycles. The van der Waals surface area contributed by atoms with E-state index in [2.05, 4.69) is 10.6 Å². The zero-order chi connectivity index (χ0) is 15.4. The fourth-order valence-corrected chi connectivity index (χ4v) is 2.37. The molecule has 0 aromatic heterocycles. The highest BCUT2D eigenvalue weighted by atomic mass is 19.1. The Morgan fingerprint density at radius 2 is 2.29 bits per heavy atom. The summed E-state index contributed by atoms with van der Waals surface area (Å²) in [5.74, 6) is -2.64. The predicted octanol–water partition coefficient (Wildman–Crippen LogP) is 1.24. The Bertz CT molecular complexity index is 519. The maximum atomic E-state index is 13.7. The third-order valence-corrected chi connectivity index (χ3v) is 3.36. The van der Waals surface area contributed by atoms with Crippen molar-refractivity contribution >= 4 is 11.6 Å². The number of hydrogen-bond donors (Lipinski definition) is 3. The van der Waals surface area contributed by atoms with E-state index in [4.69, 9.17) is 10.5 Å². The second-order valence-electron chi connectivity index (χ2n) is 5.18. The van der Waals surface area contributed by atoms with Gasteiger partial charge in [0.2, 0.25) is 0 Å². The predicted molar refractivity (Wildman–Crippen MR) is 75.2 cm³/mol. The van der Waals surface area contributed by atoms with E-state index in [1.54, 1.807) is 0 Å². The number of rotatable bonds is 5. The molecule has 1 amide bonds. The molecule has 2 unspecified atom stereocenters. The summed E-state index contributed by atoms with van der Waals surface area (Å²) >= 11 is 0. The molecule has 21 heavy (non-hydrogen) atoms. The van der Waals surface area contributed by atoms with Gasteiger partial charge in [-0.05, 0) is 19.4 Å². The van der Waals surface area contributed by atoms with E-state index in [9.17, 15) is 13.6 Å². The van der Waals surface area contributed by atoms with Crippen molar-refractivity contribution in [3.63, 3.8) is 0 Å². The third-order valence-electron chi connectivity index (χ3n) is 3.36. The van der Waals surface area contributed by atoms with Crippen LogP contribution in [0.2, 0.25) is 0 Å². The first-order valence-electron chi connectivity index (χ1n) is 6.84. The van der Waals surface area contributed by atoms with Gasteiger partial charge < -0.3 is 21.1 Å². The van der Waals surface area contributed by atoms with Crippen LogP contribution >= 0.6 is 0 Å². The Morgan fingerprint density at radius 3 is 2.90 bits per heavy atom. The summed E-state index contributed by atoms with van der Waals surface area (Å²) in [5.41, 5.74) is 4.79. The van der Waals surface area contributed by atoms with Gasteiger partial charge in [-0.15, -0.1) is 0 Å². The van der Waals surface area contributed by atoms with Crippen molar-refractivity contribution in [1.29, 1.82) is 0 Å². The summed E-state index contributed by atoms with van der Waals surface area (Å²) in [7, 11) is 0. The van der Waals surface area contributed by atoms with Gasteiger partial charge in [0.1, 0.15) is 11.6 Å². The van der Waals surface area contributed by atoms with E-state index < -0.39 is 17.5 Å². The van der Waals surface area contributed by atoms with Crippen molar-refractivity contribution in [1.82, 2.24) is 5.32 Å². The highest BCUT2D eigenvalue weighted by Gasteiger charge is 2.19. The Hall–Kier alpha value is -1.73. The van der Waals surface area contributed by atoms with Crippen LogP contribution in [0.25, 0.3) is 0 Å². The van der Waals surface area contributed by atoms with Crippen molar-refractivity contribution in [3.05, 3.63) is 29.3 Å². The average Bonchev–Trinajstić information content (AvgIpc) is 2.42. The lowest BCUT2D eigenvalue weighted by atomic mass is 10.1. The molecular weight excluding hydrogens is 280 g/mol. The molecular formula is C14H19F2N3O2. The number of anilines is 1. The molecule has 1 aromatic rings. The highest BCUT2D eigenvalue weighted by Crippen LogP contribution is 2.21. The standard InChI is InChI=1S/C14H19F2N3O2/c1-8(4-9-7-21-3-2-18-9)19-13-5-10(14(17)20)11(15)6-12(13)16/h5-6,8-9,18-19H,2-4,7H2,1H3,(H2,17,20). The Labute approximate surface area is 121 Å². The molecule has 1 fully saturated rings. The number of nitrogens with two attached hydrogens (primary N) is 1. The first-order valence-corrected chi connectivity index (χ1v) is 6.84. The second-order valence-corrected chi connectivity index (χ2v) is 5.18. The van der Waals surface area contributed by atoms with Gasteiger partial charge in [-0.2, -0.15) is 0 Å². The summed E-state index contributed by atoms with van der Waals surface area (Å²) < 4.78 is 32.5. The van der Waals surface area contributed by atoms with Crippen molar-refractivity contribution in [2.45, 2.75) is 25.4 Å². The first kappa shape index (κ1) is 15.7. The van der Waals surface area contributed by atoms with Crippen molar-refractivity contribution in [3.8, 4) is 0 Å². The first-order chi connectivity index (χ1) is 9.97. The van der Waals surface area contributed by atoms with Gasteiger partial charge in [0.25, 0.3) is 5.91 Å². The summed E-state index contributed by atoms with van der Waals surface area (Å²) in [5, 5.41) is 6.23. The van der Waals surface area contributed by atoms with Crippen LogP contribution in [0.4, 0.5) is 14.5 Å². The lowest BCUT2D eigenvalue weighted by molar-refractivity contribution is 0.0731. The third kappa shape index (κ3) is 4.12. The van der Waals surface area contributed by atoms with E-state index in [0.29, 0.717) is 25.7 Å². The molecule has 2 rings (SSSR count). The van der Waals surface area contributed by atoms with Gasteiger partial charge in [-0.25, -0.2) is 8.78 Å². The molecule has 0 aliphatic carbocycles. The number of nitrogens with one attached hydrogen (secondary N) is 2. The van der Waals surface area contributed by atoms with Crippen molar-refractivity contribution in [2.24, 2.45) is 5.73 Å². The minimum atomic E-state index is -0.958. The normalized spacial score (nSPS) is 20.0. The van der Waals surface area contributed by atoms with Crippen LogP contribution in [0.3, 0.4) is 0 Å². The van der Waals surface area contributed by atoms with Gasteiger partial charge in [0.05, 0.1) is 24.5 Å². The Balaban J connectivity index is 2.04. The van der Waals surface area contributed by atoms with Crippen LogP contribution in [0, 0.1) is 11.6 Å². The number of ether oxygens (including phenoxy) is 1. The minimum Gasteiger partial charge on any atom is -0.380 e. The highest BCUT2D eigenvalue weighted by molar-refractivity contribution is 5.94. The summed E-state index contributed by atoms with van der Waals surface area (Å²) in [4.78, 5) is 11.1.